The third kappa shape index (κ3) is 5.43. The molecule has 1 aromatic carbocycles. The van der Waals surface area contributed by atoms with Crippen LogP contribution in [0.25, 0.3) is 0 Å². The first-order valence-electron chi connectivity index (χ1n) is 12.5. The lowest BCUT2D eigenvalue weighted by atomic mass is 9.92. The van der Waals surface area contributed by atoms with E-state index in [-0.39, 0.29) is 42.3 Å². The Labute approximate surface area is 209 Å². The first-order chi connectivity index (χ1) is 17.1. The van der Waals surface area contributed by atoms with Crippen molar-refractivity contribution in [3.63, 3.8) is 0 Å². The average molecular weight is 506 g/mol. The highest BCUT2D eigenvalue weighted by molar-refractivity contribution is 5.93. The van der Waals surface area contributed by atoms with Crippen molar-refractivity contribution < 1.29 is 32.7 Å². The minimum absolute atomic E-state index is 0.0265. The van der Waals surface area contributed by atoms with Crippen LogP contribution in [0.1, 0.15) is 51.5 Å². The minimum Gasteiger partial charge on any atom is -0.361 e. The van der Waals surface area contributed by atoms with Crippen molar-refractivity contribution in [2.24, 2.45) is 17.8 Å². The largest absolute Gasteiger partial charge is 0.361 e. The summed E-state index contributed by atoms with van der Waals surface area (Å²) in [6.07, 6.45) is 4.13. The molecule has 10 heteroatoms. The van der Waals surface area contributed by atoms with Gasteiger partial charge in [-0.3, -0.25) is 14.4 Å². The van der Waals surface area contributed by atoms with E-state index in [0.717, 1.165) is 31.4 Å². The molecule has 3 amide bonds. The van der Waals surface area contributed by atoms with Gasteiger partial charge in [-0.15, -0.1) is 0 Å². The lowest BCUT2D eigenvalue weighted by molar-refractivity contribution is -0.159. The molecule has 36 heavy (non-hydrogen) atoms. The molecule has 8 nitrogen and oxygen atoms in total. The summed E-state index contributed by atoms with van der Waals surface area (Å²) in [6, 6.07) is 1.57. The molecular formula is C26H33F2N3O5. The Hall–Kier alpha value is -2.88. The van der Waals surface area contributed by atoms with Crippen LogP contribution in [0.3, 0.4) is 0 Å². The summed E-state index contributed by atoms with van der Waals surface area (Å²) < 4.78 is 33.0. The third-order valence-corrected chi connectivity index (χ3v) is 7.73. The SMILES string of the molecule is CC(C)(OCc1ccc(F)cc1F)C(=O)N1C[C@@H]2CCC[C@H]2C1C(=O)N[C@H](C=O)C[C@@H]1CCNC1=O. The number of carbonyl (C=O) groups is 4. The molecule has 0 radical (unpaired) electrons. The molecular weight excluding hydrogens is 472 g/mol. The Morgan fingerprint density at radius 3 is 2.72 bits per heavy atom. The maximum Gasteiger partial charge on any atom is 0.254 e. The number of aldehydes is 1. The second-order valence-corrected chi connectivity index (χ2v) is 10.6. The first kappa shape index (κ1) is 26.2. The lowest BCUT2D eigenvalue weighted by Crippen LogP contribution is -2.56. The number of fused-ring (bicyclic) bond motifs is 1. The highest BCUT2D eigenvalue weighted by Gasteiger charge is 2.52. The minimum atomic E-state index is -1.37. The van der Waals surface area contributed by atoms with Crippen LogP contribution in [-0.2, 0) is 30.5 Å². The van der Waals surface area contributed by atoms with Crippen molar-refractivity contribution in [2.75, 3.05) is 13.1 Å². The van der Waals surface area contributed by atoms with Gasteiger partial charge >= 0.3 is 0 Å². The normalized spacial score (nSPS) is 26.4. The van der Waals surface area contributed by atoms with E-state index < -0.39 is 41.1 Å². The zero-order chi connectivity index (χ0) is 26.0. The van der Waals surface area contributed by atoms with Crippen LogP contribution in [0.15, 0.2) is 18.2 Å². The van der Waals surface area contributed by atoms with Crippen molar-refractivity contribution >= 4 is 24.0 Å². The fraction of sp³-hybridized carbons (Fsp3) is 0.615. The van der Waals surface area contributed by atoms with Crippen LogP contribution >= 0.6 is 0 Å². The van der Waals surface area contributed by atoms with E-state index in [0.29, 0.717) is 25.8 Å². The average Bonchev–Trinajstić information content (AvgIpc) is 3.53. The molecule has 0 aromatic heterocycles. The van der Waals surface area contributed by atoms with E-state index in [1.54, 1.807) is 13.8 Å². The smallest absolute Gasteiger partial charge is 0.254 e. The van der Waals surface area contributed by atoms with Crippen molar-refractivity contribution in [2.45, 2.75) is 70.2 Å². The van der Waals surface area contributed by atoms with Crippen LogP contribution in [0.2, 0.25) is 0 Å². The third-order valence-electron chi connectivity index (χ3n) is 7.73. The Bertz CT molecular complexity index is 1030. The second kappa shape index (κ2) is 10.6. The summed E-state index contributed by atoms with van der Waals surface area (Å²) in [7, 11) is 0. The van der Waals surface area contributed by atoms with E-state index in [9.17, 15) is 28.0 Å². The molecule has 2 N–H and O–H groups in total. The number of carbonyl (C=O) groups excluding carboxylic acids is 4. The van der Waals surface area contributed by atoms with E-state index in [1.807, 2.05) is 0 Å². The number of amides is 3. The molecule has 1 aliphatic carbocycles. The molecule has 3 fully saturated rings. The molecule has 1 saturated carbocycles. The molecule has 196 valence electrons. The number of likely N-dealkylation sites (tertiary alicyclic amines) is 1. The summed E-state index contributed by atoms with van der Waals surface area (Å²) in [5.41, 5.74) is -1.25. The summed E-state index contributed by atoms with van der Waals surface area (Å²) in [5.74, 6) is -2.59. The van der Waals surface area contributed by atoms with E-state index >= 15 is 0 Å². The van der Waals surface area contributed by atoms with Crippen LogP contribution in [-0.4, -0.2) is 59.7 Å². The van der Waals surface area contributed by atoms with Crippen molar-refractivity contribution in [1.82, 2.24) is 15.5 Å². The summed E-state index contributed by atoms with van der Waals surface area (Å²) in [4.78, 5) is 52.2. The Morgan fingerprint density at radius 1 is 1.28 bits per heavy atom. The molecule has 0 bridgehead atoms. The molecule has 0 spiro atoms. The van der Waals surface area contributed by atoms with Crippen LogP contribution in [0.4, 0.5) is 8.78 Å². The van der Waals surface area contributed by atoms with Crippen LogP contribution < -0.4 is 10.6 Å². The molecule has 1 aromatic rings. The van der Waals surface area contributed by atoms with Gasteiger partial charge in [0, 0.05) is 30.6 Å². The standard InChI is InChI=1S/C26H33F2N3O5/c1-26(2,36-14-17-6-7-18(27)11-21(17)28)25(35)31-12-16-4-3-5-20(16)22(31)24(34)30-19(13-32)10-15-8-9-29-23(15)33/h6-7,11,13,15-16,19-20,22H,3-5,8-10,12,14H2,1-2H3,(H,29,33)(H,30,34)/t15-,16-,19-,20+,22?/m0/s1. The fourth-order valence-corrected chi connectivity index (χ4v) is 5.75. The van der Waals surface area contributed by atoms with Gasteiger partial charge in [-0.2, -0.15) is 0 Å². The number of nitrogens with zero attached hydrogens (tertiary/aromatic N) is 1. The number of hydrogen-bond acceptors (Lipinski definition) is 5. The van der Waals surface area contributed by atoms with Gasteiger partial charge in [0.1, 0.15) is 29.6 Å². The first-order valence-corrected chi connectivity index (χ1v) is 12.5. The monoisotopic (exact) mass is 505 g/mol. The van der Waals surface area contributed by atoms with Crippen molar-refractivity contribution in [1.29, 1.82) is 0 Å². The molecule has 1 unspecified atom stereocenters. The highest BCUT2D eigenvalue weighted by Crippen LogP contribution is 2.43. The Kier molecular flexibility index (Phi) is 7.73. The Morgan fingerprint density at radius 2 is 2.06 bits per heavy atom. The van der Waals surface area contributed by atoms with Gasteiger partial charge in [-0.25, -0.2) is 8.78 Å². The number of hydrogen-bond donors (Lipinski definition) is 2. The molecule has 4 rings (SSSR count). The topological polar surface area (TPSA) is 105 Å². The quantitative estimate of drug-likeness (QED) is 0.500. The highest BCUT2D eigenvalue weighted by atomic mass is 19.1. The fourth-order valence-electron chi connectivity index (χ4n) is 5.75. The van der Waals surface area contributed by atoms with Gasteiger partial charge in [-0.05, 0) is 57.4 Å². The zero-order valence-electron chi connectivity index (χ0n) is 20.6. The zero-order valence-corrected chi connectivity index (χ0v) is 20.6. The van der Waals surface area contributed by atoms with Crippen molar-refractivity contribution in [3.05, 3.63) is 35.4 Å². The van der Waals surface area contributed by atoms with Crippen LogP contribution in [0, 0.1) is 29.4 Å². The van der Waals surface area contributed by atoms with Gasteiger partial charge in [0.05, 0.1) is 12.6 Å². The molecule has 2 aliphatic heterocycles. The van der Waals surface area contributed by atoms with Gasteiger partial charge in [0.2, 0.25) is 11.8 Å². The van der Waals surface area contributed by atoms with E-state index in [1.165, 1.54) is 11.0 Å². The van der Waals surface area contributed by atoms with Gasteiger partial charge in [0.25, 0.3) is 5.91 Å². The van der Waals surface area contributed by atoms with Crippen LogP contribution in [0.5, 0.6) is 0 Å². The van der Waals surface area contributed by atoms with Gasteiger partial charge in [0.15, 0.2) is 0 Å². The summed E-state index contributed by atoms with van der Waals surface area (Å²) in [5, 5.41) is 5.50. The predicted molar refractivity (Wildman–Crippen MR) is 125 cm³/mol. The maximum atomic E-state index is 14.1. The number of halogens is 2. The number of benzene rings is 1. The van der Waals surface area contributed by atoms with E-state index in [2.05, 4.69) is 10.6 Å². The molecule has 2 heterocycles. The van der Waals surface area contributed by atoms with Gasteiger partial charge < -0.3 is 25.1 Å². The molecule has 2 saturated heterocycles. The van der Waals surface area contributed by atoms with E-state index in [4.69, 9.17) is 4.74 Å². The summed E-state index contributed by atoms with van der Waals surface area (Å²) in [6.45, 7) is 3.84. The number of rotatable bonds is 9. The molecule has 5 atom stereocenters. The van der Waals surface area contributed by atoms with Gasteiger partial charge in [-0.1, -0.05) is 12.5 Å². The lowest BCUT2D eigenvalue weighted by Gasteiger charge is -2.34. The molecule has 3 aliphatic rings. The van der Waals surface area contributed by atoms with Crippen molar-refractivity contribution in [3.8, 4) is 0 Å². The number of nitrogens with one attached hydrogen (secondary N) is 2. The Balaban J connectivity index is 1.46. The second-order valence-electron chi connectivity index (χ2n) is 10.6. The predicted octanol–water partition coefficient (Wildman–Crippen LogP) is 2.10. The summed E-state index contributed by atoms with van der Waals surface area (Å²) >= 11 is 0. The maximum absolute atomic E-state index is 14.1. The number of ether oxygens (including phenoxy) is 1.